The van der Waals surface area contributed by atoms with Crippen LogP contribution in [-0.2, 0) is 12.3 Å². The third kappa shape index (κ3) is 2.99. The fourth-order valence-electron chi connectivity index (χ4n) is 2.51. The Morgan fingerprint density at radius 3 is 2.83 bits per heavy atom. The number of aromatic nitrogens is 6. The van der Waals surface area contributed by atoms with Gasteiger partial charge in [-0.1, -0.05) is 11.8 Å². The van der Waals surface area contributed by atoms with Gasteiger partial charge < -0.3 is 9.67 Å². The lowest BCUT2D eigenvalue weighted by Crippen LogP contribution is -2.06. The van der Waals surface area contributed by atoms with Gasteiger partial charge in [0.2, 0.25) is 5.16 Å². The Balaban J connectivity index is 1.91. The summed E-state index contributed by atoms with van der Waals surface area (Å²) in [5, 5.41) is 21.6. The highest BCUT2D eigenvalue weighted by molar-refractivity contribution is 7.98. The van der Waals surface area contributed by atoms with E-state index < -0.39 is 5.97 Å². The summed E-state index contributed by atoms with van der Waals surface area (Å²) in [5.74, 6) is 0.534. The molecule has 9 heteroatoms. The van der Waals surface area contributed by atoms with Crippen LogP contribution in [0.3, 0.4) is 0 Å². The van der Waals surface area contributed by atoms with Crippen molar-refractivity contribution in [2.24, 2.45) is 0 Å². The number of fused-ring (bicyclic) bond motifs is 1. The van der Waals surface area contributed by atoms with E-state index >= 15 is 0 Å². The standard InChI is InChI=1S/C15H18N6O2S/c1-4-20-12-6-5-10(14(22)23)7-11(12)16-13(20)8-24-15-17-18-19-21(15)9(2)3/h5-7,9H,4,8H2,1-3H3,(H,22,23). The highest BCUT2D eigenvalue weighted by Crippen LogP contribution is 2.25. The molecule has 0 unspecified atom stereocenters. The van der Waals surface area contributed by atoms with Crippen molar-refractivity contribution in [2.45, 2.75) is 44.3 Å². The van der Waals surface area contributed by atoms with E-state index in [0.717, 1.165) is 23.0 Å². The Hall–Kier alpha value is -2.42. The van der Waals surface area contributed by atoms with Gasteiger partial charge in [-0.2, -0.15) is 0 Å². The molecule has 0 saturated carbocycles. The fourth-order valence-corrected chi connectivity index (χ4v) is 3.46. The number of imidazole rings is 1. The second-order valence-electron chi connectivity index (χ2n) is 5.57. The number of carboxylic acids is 1. The molecule has 0 saturated heterocycles. The number of benzene rings is 1. The van der Waals surface area contributed by atoms with Crippen LogP contribution in [0.5, 0.6) is 0 Å². The van der Waals surface area contributed by atoms with Gasteiger partial charge in [-0.3, -0.25) is 0 Å². The highest BCUT2D eigenvalue weighted by Gasteiger charge is 2.15. The molecular weight excluding hydrogens is 328 g/mol. The molecule has 126 valence electrons. The van der Waals surface area contributed by atoms with Gasteiger partial charge in [-0.05, 0) is 49.4 Å². The Kier molecular flexibility index (Phi) is 4.52. The van der Waals surface area contributed by atoms with E-state index in [2.05, 4.69) is 25.1 Å². The molecule has 0 aliphatic heterocycles. The van der Waals surface area contributed by atoms with Crippen LogP contribution >= 0.6 is 11.8 Å². The summed E-state index contributed by atoms with van der Waals surface area (Å²) in [7, 11) is 0. The Morgan fingerprint density at radius 2 is 2.17 bits per heavy atom. The minimum Gasteiger partial charge on any atom is -0.478 e. The lowest BCUT2D eigenvalue weighted by atomic mass is 10.2. The fraction of sp³-hybridized carbons (Fsp3) is 0.400. The lowest BCUT2D eigenvalue weighted by molar-refractivity contribution is 0.0697. The number of aryl methyl sites for hydroxylation is 1. The van der Waals surface area contributed by atoms with Gasteiger partial charge >= 0.3 is 5.97 Å². The number of hydrogen-bond acceptors (Lipinski definition) is 6. The first kappa shape index (κ1) is 16.4. The van der Waals surface area contributed by atoms with Gasteiger partial charge in [0.05, 0.1) is 28.4 Å². The van der Waals surface area contributed by atoms with Crippen molar-refractivity contribution in [3.05, 3.63) is 29.6 Å². The summed E-state index contributed by atoms with van der Waals surface area (Å²) >= 11 is 1.52. The summed E-state index contributed by atoms with van der Waals surface area (Å²) in [6.07, 6.45) is 0. The number of aromatic carboxylic acids is 1. The van der Waals surface area contributed by atoms with E-state index in [9.17, 15) is 4.79 Å². The van der Waals surface area contributed by atoms with Crippen molar-refractivity contribution in [1.82, 2.24) is 29.8 Å². The smallest absolute Gasteiger partial charge is 0.335 e. The third-order valence-corrected chi connectivity index (χ3v) is 4.60. The number of tetrazole rings is 1. The second kappa shape index (κ2) is 6.60. The molecule has 0 aliphatic carbocycles. The molecule has 3 aromatic rings. The predicted molar refractivity (Wildman–Crippen MR) is 90.1 cm³/mol. The maximum absolute atomic E-state index is 11.1. The van der Waals surface area contributed by atoms with Gasteiger partial charge in [0, 0.05) is 6.54 Å². The molecule has 0 spiro atoms. The molecule has 2 aromatic heterocycles. The van der Waals surface area contributed by atoms with Crippen LogP contribution in [-0.4, -0.2) is 40.8 Å². The van der Waals surface area contributed by atoms with Crippen LogP contribution in [0.25, 0.3) is 11.0 Å². The van der Waals surface area contributed by atoms with Crippen molar-refractivity contribution in [3.8, 4) is 0 Å². The lowest BCUT2D eigenvalue weighted by Gasteiger charge is -2.08. The van der Waals surface area contributed by atoms with E-state index in [4.69, 9.17) is 5.11 Å². The van der Waals surface area contributed by atoms with Crippen molar-refractivity contribution in [2.75, 3.05) is 0 Å². The third-order valence-electron chi connectivity index (χ3n) is 3.67. The predicted octanol–water partition coefficient (Wildman–Crippen LogP) is 2.61. The molecule has 0 aliphatic rings. The number of nitrogens with zero attached hydrogens (tertiary/aromatic N) is 6. The normalized spacial score (nSPS) is 11.5. The Labute approximate surface area is 142 Å². The Bertz CT molecular complexity index is 885. The topological polar surface area (TPSA) is 98.7 Å². The zero-order chi connectivity index (χ0) is 17.3. The van der Waals surface area contributed by atoms with Crippen molar-refractivity contribution in [1.29, 1.82) is 0 Å². The average Bonchev–Trinajstić information content (AvgIpc) is 3.15. The molecule has 0 amide bonds. The van der Waals surface area contributed by atoms with Crippen LogP contribution in [0.4, 0.5) is 0 Å². The summed E-state index contributed by atoms with van der Waals surface area (Å²) in [6.45, 7) is 6.84. The van der Waals surface area contributed by atoms with Crippen LogP contribution in [0.1, 0.15) is 43.0 Å². The van der Waals surface area contributed by atoms with Gasteiger partial charge in [0.25, 0.3) is 0 Å². The molecule has 3 rings (SSSR count). The van der Waals surface area contributed by atoms with Crippen LogP contribution < -0.4 is 0 Å². The molecule has 2 heterocycles. The zero-order valence-corrected chi connectivity index (χ0v) is 14.5. The number of carboxylic acid groups (broad SMARTS) is 1. The van der Waals surface area contributed by atoms with Crippen molar-refractivity contribution in [3.63, 3.8) is 0 Å². The number of rotatable bonds is 6. The molecule has 0 atom stereocenters. The molecule has 0 bridgehead atoms. The van der Waals surface area contributed by atoms with Crippen molar-refractivity contribution >= 4 is 28.8 Å². The summed E-state index contributed by atoms with van der Waals surface area (Å²) in [6, 6.07) is 5.21. The van der Waals surface area contributed by atoms with E-state index in [0.29, 0.717) is 11.3 Å². The van der Waals surface area contributed by atoms with Gasteiger partial charge in [-0.15, -0.1) is 5.10 Å². The van der Waals surface area contributed by atoms with Gasteiger partial charge in [-0.25, -0.2) is 14.5 Å². The van der Waals surface area contributed by atoms with Crippen molar-refractivity contribution < 1.29 is 9.90 Å². The zero-order valence-electron chi connectivity index (χ0n) is 13.7. The first-order chi connectivity index (χ1) is 11.5. The van der Waals surface area contributed by atoms with Gasteiger partial charge in [0.1, 0.15) is 5.82 Å². The average molecular weight is 346 g/mol. The van der Waals surface area contributed by atoms with E-state index in [-0.39, 0.29) is 11.6 Å². The largest absolute Gasteiger partial charge is 0.478 e. The van der Waals surface area contributed by atoms with Crippen LogP contribution in [0.15, 0.2) is 23.4 Å². The molecule has 0 radical (unpaired) electrons. The van der Waals surface area contributed by atoms with Crippen LogP contribution in [0, 0.1) is 0 Å². The molecular formula is C15H18N6O2S. The maximum Gasteiger partial charge on any atom is 0.335 e. The summed E-state index contributed by atoms with van der Waals surface area (Å²) in [5.41, 5.74) is 1.86. The van der Waals surface area contributed by atoms with E-state index in [1.165, 1.54) is 11.8 Å². The quantitative estimate of drug-likeness (QED) is 0.685. The summed E-state index contributed by atoms with van der Waals surface area (Å²) in [4.78, 5) is 15.7. The first-order valence-electron chi connectivity index (χ1n) is 7.64. The Morgan fingerprint density at radius 1 is 1.38 bits per heavy atom. The first-order valence-corrected chi connectivity index (χ1v) is 8.63. The monoisotopic (exact) mass is 346 g/mol. The summed E-state index contributed by atoms with van der Waals surface area (Å²) < 4.78 is 3.85. The molecule has 1 aromatic carbocycles. The van der Waals surface area contributed by atoms with Gasteiger partial charge in [0.15, 0.2) is 0 Å². The minimum atomic E-state index is -0.949. The minimum absolute atomic E-state index is 0.186. The van der Waals surface area contributed by atoms with E-state index in [1.54, 1.807) is 16.8 Å². The highest BCUT2D eigenvalue weighted by atomic mass is 32.2. The van der Waals surface area contributed by atoms with Crippen LogP contribution in [0.2, 0.25) is 0 Å². The number of hydrogen-bond donors (Lipinski definition) is 1. The second-order valence-corrected chi connectivity index (χ2v) is 6.51. The molecule has 0 fully saturated rings. The van der Waals surface area contributed by atoms with E-state index in [1.807, 2.05) is 26.8 Å². The molecule has 8 nitrogen and oxygen atoms in total. The number of thioether (sulfide) groups is 1. The molecule has 24 heavy (non-hydrogen) atoms. The maximum atomic E-state index is 11.1. The SMILES string of the molecule is CCn1c(CSc2nnnn2C(C)C)nc2cc(C(=O)O)ccc21. The number of carbonyl (C=O) groups is 1. The molecule has 1 N–H and O–H groups in total.